The molecule has 0 aliphatic rings. The Morgan fingerprint density at radius 2 is 1.85 bits per heavy atom. The van der Waals surface area contributed by atoms with Gasteiger partial charge in [0.05, 0.1) is 54.8 Å². The summed E-state index contributed by atoms with van der Waals surface area (Å²) >= 11 is 14.3. The number of halogens is 3. The molecule has 0 fully saturated rings. The molecule has 0 spiro atoms. The number of hydrogen-bond donors (Lipinski definition) is 2. The van der Waals surface area contributed by atoms with Crippen molar-refractivity contribution in [3.8, 4) is 6.07 Å². The monoisotopic (exact) mass is 602 g/mol. The molecule has 0 aliphatic carbocycles. The number of benzene rings is 3. The number of nitriles is 1. The standard InChI is InChI=1S/C29H21Cl2FN8S/c1-15(2)40-13-25(38-39-40)28(16-3-6-24-26(7-16)41-14-35-24)37-19-8-20-27(36-18-4-5-23(32)21(30)9-18)17(11-33)12-34-29(20)22(31)10-19/h3-10,12-15,28,37H,1-2H3,(H,34,36). The molecule has 1 atom stereocenters. The number of hydrogen-bond acceptors (Lipinski definition) is 8. The second kappa shape index (κ2) is 10.9. The third kappa shape index (κ3) is 5.27. The number of nitrogens with one attached hydrogen (secondary N) is 2. The van der Waals surface area contributed by atoms with E-state index in [4.69, 9.17) is 23.2 Å². The highest BCUT2D eigenvalue weighted by molar-refractivity contribution is 7.16. The summed E-state index contributed by atoms with van der Waals surface area (Å²) in [6.45, 7) is 4.08. The number of rotatable bonds is 7. The SMILES string of the molecule is CC(C)n1cc(C(Nc2cc(Cl)c3ncc(C#N)c(Nc4ccc(F)c(Cl)c4)c3c2)c2ccc3ncsc3c2)nn1. The number of anilines is 3. The molecule has 8 nitrogen and oxygen atoms in total. The fraction of sp³-hybridized carbons (Fsp3) is 0.138. The van der Waals surface area contributed by atoms with Crippen LogP contribution in [0, 0.1) is 17.1 Å². The van der Waals surface area contributed by atoms with Crippen molar-refractivity contribution in [1.82, 2.24) is 25.0 Å². The van der Waals surface area contributed by atoms with E-state index >= 15 is 0 Å². The van der Waals surface area contributed by atoms with Gasteiger partial charge >= 0.3 is 0 Å². The summed E-state index contributed by atoms with van der Waals surface area (Å²) in [6.07, 6.45) is 3.37. The van der Waals surface area contributed by atoms with Crippen molar-refractivity contribution < 1.29 is 4.39 Å². The molecular formula is C29H21Cl2FN8S. The molecule has 0 saturated carbocycles. The first-order valence-corrected chi connectivity index (χ1v) is 14.2. The molecule has 3 aromatic carbocycles. The molecular weight excluding hydrogens is 582 g/mol. The highest BCUT2D eigenvalue weighted by Gasteiger charge is 2.21. The van der Waals surface area contributed by atoms with Gasteiger partial charge in [-0.3, -0.25) is 4.98 Å². The molecule has 0 bridgehead atoms. The third-order valence-corrected chi connectivity index (χ3v) is 7.96. The van der Waals surface area contributed by atoms with Crippen molar-refractivity contribution in [3.05, 3.63) is 99.1 Å². The maximum atomic E-state index is 13.8. The minimum absolute atomic E-state index is 0.0394. The fourth-order valence-electron chi connectivity index (χ4n) is 4.50. The van der Waals surface area contributed by atoms with Crippen LogP contribution in [0.1, 0.15) is 42.8 Å². The van der Waals surface area contributed by atoms with Crippen LogP contribution in [0.3, 0.4) is 0 Å². The van der Waals surface area contributed by atoms with Gasteiger partial charge in [-0.1, -0.05) is 34.5 Å². The van der Waals surface area contributed by atoms with Crippen LogP contribution in [0.5, 0.6) is 0 Å². The zero-order valence-corrected chi connectivity index (χ0v) is 24.1. The van der Waals surface area contributed by atoms with Crippen LogP contribution in [-0.2, 0) is 0 Å². The first kappa shape index (κ1) is 26.9. The van der Waals surface area contributed by atoms with Crippen molar-refractivity contribution in [2.45, 2.75) is 25.9 Å². The van der Waals surface area contributed by atoms with E-state index in [9.17, 15) is 9.65 Å². The van der Waals surface area contributed by atoms with E-state index in [0.717, 1.165) is 21.5 Å². The van der Waals surface area contributed by atoms with Gasteiger partial charge in [0, 0.05) is 29.0 Å². The first-order valence-electron chi connectivity index (χ1n) is 12.6. The molecule has 0 radical (unpaired) electrons. The van der Waals surface area contributed by atoms with Gasteiger partial charge in [0.15, 0.2) is 0 Å². The summed E-state index contributed by atoms with van der Waals surface area (Å²) in [4.78, 5) is 8.83. The summed E-state index contributed by atoms with van der Waals surface area (Å²) in [7, 11) is 0. The van der Waals surface area contributed by atoms with Crippen LogP contribution in [0.15, 0.2) is 66.4 Å². The number of fused-ring (bicyclic) bond motifs is 2. The summed E-state index contributed by atoms with van der Waals surface area (Å²) < 4.78 is 16.7. The zero-order valence-electron chi connectivity index (χ0n) is 21.7. The minimum atomic E-state index is -0.538. The molecule has 1 unspecified atom stereocenters. The highest BCUT2D eigenvalue weighted by atomic mass is 35.5. The molecule has 0 amide bonds. The van der Waals surface area contributed by atoms with Gasteiger partial charge in [0.25, 0.3) is 0 Å². The normalized spacial score (nSPS) is 12.1. The number of nitrogens with zero attached hydrogens (tertiary/aromatic N) is 6. The van der Waals surface area contributed by atoms with E-state index in [1.54, 1.807) is 23.5 Å². The maximum Gasteiger partial charge on any atom is 0.141 e. The second-order valence-corrected chi connectivity index (χ2v) is 11.3. The topological polar surface area (TPSA) is 104 Å². The van der Waals surface area contributed by atoms with Crippen LogP contribution in [-0.4, -0.2) is 25.0 Å². The smallest absolute Gasteiger partial charge is 0.141 e. The predicted molar refractivity (Wildman–Crippen MR) is 162 cm³/mol. The fourth-order valence-corrected chi connectivity index (χ4v) is 5.68. The predicted octanol–water partition coefficient (Wildman–Crippen LogP) is 8.28. The molecule has 6 rings (SSSR count). The van der Waals surface area contributed by atoms with Crippen molar-refractivity contribution in [2.75, 3.05) is 10.6 Å². The average Bonchev–Trinajstić information content (AvgIpc) is 3.64. The highest BCUT2D eigenvalue weighted by Crippen LogP contribution is 2.37. The van der Waals surface area contributed by atoms with E-state index in [1.807, 2.05) is 48.4 Å². The Hall–Kier alpha value is -4.30. The van der Waals surface area contributed by atoms with Crippen LogP contribution >= 0.6 is 34.5 Å². The van der Waals surface area contributed by atoms with Crippen LogP contribution in [0.25, 0.3) is 21.1 Å². The molecule has 204 valence electrons. The Morgan fingerprint density at radius 3 is 2.61 bits per heavy atom. The number of aromatic nitrogens is 5. The molecule has 0 saturated heterocycles. The Balaban J connectivity index is 1.47. The van der Waals surface area contributed by atoms with Crippen molar-refractivity contribution in [2.24, 2.45) is 0 Å². The van der Waals surface area contributed by atoms with E-state index in [2.05, 4.69) is 43.0 Å². The average molecular weight is 604 g/mol. The van der Waals surface area contributed by atoms with Crippen LogP contribution in [0.2, 0.25) is 10.0 Å². The van der Waals surface area contributed by atoms with E-state index < -0.39 is 5.82 Å². The van der Waals surface area contributed by atoms with Crippen LogP contribution < -0.4 is 10.6 Å². The lowest BCUT2D eigenvalue weighted by Crippen LogP contribution is -2.13. The van der Waals surface area contributed by atoms with Crippen LogP contribution in [0.4, 0.5) is 21.5 Å². The molecule has 41 heavy (non-hydrogen) atoms. The third-order valence-electron chi connectivity index (χ3n) is 6.59. The van der Waals surface area contributed by atoms with E-state index in [0.29, 0.717) is 38.6 Å². The van der Waals surface area contributed by atoms with Gasteiger partial charge in [-0.25, -0.2) is 14.1 Å². The summed E-state index contributed by atoms with van der Waals surface area (Å²) in [6, 6.07) is 15.9. The van der Waals surface area contributed by atoms with Gasteiger partial charge in [0.2, 0.25) is 0 Å². The van der Waals surface area contributed by atoms with Crippen molar-refractivity contribution in [3.63, 3.8) is 0 Å². The minimum Gasteiger partial charge on any atom is -0.373 e. The summed E-state index contributed by atoms with van der Waals surface area (Å²) in [5, 5.41) is 26.4. The van der Waals surface area contributed by atoms with Crippen molar-refractivity contribution in [1.29, 1.82) is 5.26 Å². The molecule has 3 aromatic heterocycles. The zero-order chi connectivity index (χ0) is 28.7. The Labute approximate surface area is 248 Å². The first-order chi connectivity index (χ1) is 19.8. The lowest BCUT2D eigenvalue weighted by molar-refractivity contribution is 0.514. The molecule has 3 heterocycles. The van der Waals surface area contributed by atoms with Gasteiger partial charge < -0.3 is 10.6 Å². The largest absolute Gasteiger partial charge is 0.373 e. The Bertz CT molecular complexity index is 1960. The number of pyridine rings is 1. The quantitative estimate of drug-likeness (QED) is 0.189. The number of thiazole rings is 1. The summed E-state index contributed by atoms with van der Waals surface area (Å²) in [5.74, 6) is -0.538. The van der Waals surface area contributed by atoms with Gasteiger partial charge in [-0.2, -0.15) is 5.26 Å². The van der Waals surface area contributed by atoms with Gasteiger partial charge in [-0.05, 0) is 61.9 Å². The summed E-state index contributed by atoms with van der Waals surface area (Å²) in [5.41, 5.74) is 6.88. The van der Waals surface area contributed by atoms with Crippen molar-refractivity contribution >= 4 is 72.7 Å². The maximum absolute atomic E-state index is 13.8. The molecule has 6 aromatic rings. The Kier molecular flexibility index (Phi) is 7.17. The Morgan fingerprint density at radius 1 is 1.02 bits per heavy atom. The van der Waals surface area contributed by atoms with Gasteiger partial charge in [-0.15, -0.1) is 16.4 Å². The van der Waals surface area contributed by atoms with E-state index in [-0.39, 0.29) is 17.1 Å². The lowest BCUT2D eigenvalue weighted by atomic mass is 10.0. The van der Waals surface area contributed by atoms with Gasteiger partial charge in [0.1, 0.15) is 17.6 Å². The molecule has 0 aliphatic heterocycles. The lowest BCUT2D eigenvalue weighted by Gasteiger charge is -2.20. The second-order valence-electron chi connectivity index (χ2n) is 9.64. The molecule has 12 heteroatoms. The van der Waals surface area contributed by atoms with E-state index in [1.165, 1.54) is 18.3 Å². The molecule has 2 N–H and O–H groups in total.